The molecular formula is C22H30ClN3O2. The Morgan fingerprint density at radius 1 is 0.714 bits per heavy atom. The van der Waals surface area contributed by atoms with Crippen LogP contribution in [0.1, 0.15) is 22.3 Å². The van der Waals surface area contributed by atoms with Crippen molar-refractivity contribution in [3.05, 3.63) is 58.7 Å². The van der Waals surface area contributed by atoms with Gasteiger partial charge in [-0.3, -0.25) is 9.59 Å². The summed E-state index contributed by atoms with van der Waals surface area (Å²) >= 11 is 0. The molecule has 0 saturated heterocycles. The van der Waals surface area contributed by atoms with Gasteiger partial charge in [-0.15, -0.1) is 0 Å². The van der Waals surface area contributed by atoms with Gasteiger partial charge in [0.1, 0.15) is 0 Å². The highest BCUT2D eigenvalue weighted by Gasteiger charge is 2.25. The van der Waals surface area contributed by atoms with E-state index in [0.29, 0.717) is 0 Å². The van der Waals surface area contributed by atoms with Gasteiger partial charge in [-0.05, 0) is 49.9 Å². The van der Waals surface area contributed by atoms with E-state index in [-0.39, 0.29) is 41.8 Å². The lowest BCUT2D eigenvalue weighted by molar-refractivity contribution is -0.874. The van der Waals surface area contributed by atoms with Gasteiger partial charge >= 0.3 is 0 Å². The maximum absolute atomic E-state index is 12.5. The van der Waals surface area contributed by atoms with Crippen LogP contribution in [0, 0.1) is 27.7 Å². The van der Waals surface area contributed by atoms with Crippen LogP contribution in [-0.4, -0.2) is 43.5 Å². The highest BCUT2D eigenvalue weighted by atomic mass is 35.5. The molecule has 152 valence electrons. The third-order valence-corrected chi connectivity index (χ3v) is 4.63. The van der Waals surface area contributed by atoms with Crippen LogP contribution in [0.3, 0.4) is 0 Å². The van der Waals surface area contributed by atoms with Crippen molar-refractivity contribution in [1.82, 2.24) is 0 Å². The van der Waals surface area contributed by atoms with Crippen LogP contribution in [-0.2, 0) is 9.59 Å². The number of quaternary nitrogens is 1. The number of nitrogens with zero attached hydrogens (tertiary/aromatic N) is 1. The van der Waals surface area contributed by atoms with Crippen molar-refractivity contribution < 1.29 is 26.5 Å². The average Bonchev–Trinajstić information content (AvgIpc) is 2.53. The Bertz CT molecular complexity index is 753. The van der Waals surface area contributed by atoms with Gasteiger partial charge in [0.15, 0.2) is 13.1 Å². The third-order valence-electron chi connectivity index (χ3n) is 4.63. The number of rotatable bonds is 6. The first-order chi connectivity index (χ1) is 12.6. The molecule has 0 unspecified atom stereocenters. The smallest absolute Gasteiger partial charge is 0.279 e. The van der Waals surface area contributed by atoms with Crippen LogP contribution < -0.4 is 23.0 Å². The van der Waals surface area contributed by atoms with Gasteiger partial charge in [0.2, 0.25) is 0 Å². The SMILES string of the molecule is Cc1cccc(C)c1NC(=O)C[N+](C)(C)CC(=O)Nc1c(C)cccc1C.[Cl-]. The number of hydrogen-bond acceptors (Lipinski definition) is 2. The zero-order chi connectivity index (χ0) is 20.2. The average molecular weight is 404 g/mol. The quantitative estimate of drug-likeness (QED) is 0.693. The summed E-state index contributed by atoms with van der Waals surface area (Å²) in [4.78, 5) is 25.0. The van der Waals surface area contributed by atoms with E-state index in [2.05, 4.69) is 10.6 Å². The van der Waals surface area contributed by atoms with Crippen LogP contribution in [0.2, 0.25) is 0 Å². The van der Waals surface area contributed by atoms with Crippen molar-refractivity contribution in [3.63, 3.8) is 0 Å². The van der Waals surface area contributed by atoms with Crippen molar-refractivity contribution in [1.29, 1.82) is 0 Å². The summed E-state index contributed by atoms with van der Waals surface area (Å²) in [5.41, 5.74) is 5.82. The van der Waals surface area contributed by atoms with E-state index in [4.69, 9.17) is 0 Å². The number of carbonyl (C=O) groups excluding carboxylic acids is 2. The zero-order valence-electron chi connectivity index (χ0n) is 17.5. The van der Waals surface area contributed by atoms with Crippen molar-refractivity contribution in [2.24, 2.45) is 0 Å². The minimum Gasteiger partial charge on any atom is -1.00 e. The van der Waals surface area contributed by atoms with Gasteiger partial charge in [-0.25, -0.2) is 0 Å². The van der Waals surface area contributed by atoms with Crippen LogP contribution >= 0.6 is 0 Å². The van der Waals surface area contributed by atoms with Crippen LogP contribution in [0.25, 0.3) is 0 Å². The maximum atomic E-state index is 12.5. The number of aryl methyl sites for hydroxylation is 4. The van der Waals surface area contributed by atoms with Crippen LogP contribution in [0.5, 0.6) is 0 Å². The fourth-order valence-corrected chi connectivity index (χ4v) is 3.21. The second kappa shape index (κ2) is 9.71. The number of benzene rings is 2. The topological polar surface area (TPSA) is 58.2 Å². The summed E-state index contributed by atoms with van der Waals surface area (Å²) in [6.07, 6.45) is 0. The number of carbonyl (C=O) groups is 2. The summed E-state index contributed by atoms with van der Waals surface area (Å²) in [6.45, 7) is 8.32. The second-order valence-corrected chi connectivity index (χ2v) is 7.88. The molecule has 5 nitrogen and oxygen atoms in total. The van der Waals surface area contributed by atoms with E-state index in [1.807, 2.05) is 78.2 Å². The molecule has 0 aliphatic heterocycles. The third kappa shape index (κ3) is 6.36. The Morgan fingerprint density at radius 2 is 1.00 bits per heavy atom. The Labute approximate surface area is 174 Å². The minimum absolute atomic E-state index is 0. The lowest BCUT2D eigenvalue weighted by Gasteiger charge is -2.28. The predicted octanol–water partition coefficient (Wildman–Crippen LogP) is 0.578. The Hall–Kier alpha value is -2.37. The highest BCUT2D eigenvalue weighted by molar-refractivity contribution is 5.95. The first-order valence-electron chi connectivity index (χ1n) is 9.13. The molecule has 2 aromatic carbocycles. The minimum atomic E-state index is -0.0997. The molecule has 0 radical (unpaired) electrons. The second-order valence-electron chi connectivity index (χ2n) is 7.88. The first kappa shape index (κ1) is 23.7. The van der Waals surface area contributed by atoms with E-state index in [9.17, 15) is 9.59 Å². The molecule has 0 spiro atoms. The molecule has 0 atom stereocenters. The molecule has 2 N–H and O–H groups in total. The van der Waals surface area contributed by atoms with Gasteiger partial charge in [-0.1, -0.05) is 36.4 Å². The Morgan fingerprint density at radius 3 is 1.29 bits per heavy atom. The lowest BCUT2D eigenvalue weighted by atomic mass is 10.1. The van der Waals surface area contributed by atoms with E-state index >= 15 is 0 Å². The predicted molar refractivity (Wildman–Crippen MR) is 111 cm³/mol. The molecule has 2 amide bonds. The molecule has 0 aromatic heterocycles. The summed E-state index contributed by atoms with van der Waals surface area (Å²) in [7, 11) is 3.77. The molecule has 2 rings (SSSR count). The first-order valence-corrected chi connectivity index (χ1v) is 9.13. The Kier molecular flexibility index (Phi) is 8.21. The van der Waals surface area contributed by atoms with E-state index in [1.54, 1.807) is 0 Å². The summed E-state index contributed by atoms with van der Waals surface area (Å²) in [6, 6.07) is 11.8. The largest absolute Gasteiger partial charge is 1.00 e. The van der Waals surface area contributed by atoms with Crippen LogP contribution in [0.15, 0.2) is 36.4 Å². The highest BCUT2D eigenvalue weighted by Crippen LogP contribution is 2.20. The van der Waals surface area contributed by atoms with Crippen molar-refractivity contribution in [2.75, 3.05) is 37.8 Å². The molecule has 0 fully saturated rings. The maximum Gasteiger partial charge on any atom is 0.279 e. The van der Waals surface area contributed by atoms with Crippen molar-refractivity contribution in [2.45, 2.75) is 27.7 Å². The molecule has 0 aliphatic rings. The summed E-state index contributed by atoms with van der Waals surface area (Å²) in [5.74, 6) is -0.199. The van der Waals surface area contributed by atoms with Crippen molar-refractivity contribution >= 4 is 23.2 Å². The van der Waals surface area contributed by atoms with Gasteiger partial charge in [0.05, 0.1) is 14.1 Å². The van der Waals surface area contributed by atoms with Gasteiger partial charge in [-0.2, -0.15) is 0 Å². The standard InChI is InChI=1S/C22H29N3O2.ClH/c1-15-9-7-10-16(2)21(15)23-19(26)13-25(5,6)14-20(27)24-22-17(3)11-8-12-18(22)4;/h7-12H,13-14H2,1-6H3,(H-,23,24,26,27);1H. The monoisotopic (exact) mass is 403 g/mol. The molecule has 0 saturated carbocycles. The number of hydrogen-bond donors (Lipinski definition) is 2. The summed E-state index contributed by atoms with van der Waals surface area (Å²) < 4.78 is 0.271. The molecule has 2 aromatic rings. The fraction of sp³-hybridized carbons (Fsp3) is 0.364. The molecule has 0 heterocycles. The zero-order valence-corrected chi connectivity index (χ0v) is 18.3. The van der Waals surface area contributed by atoms with Gasteiger partial charge in [0, 0.05) is 11.4 Å². The fourth-order valence-electron chi connectivity index (χ4n) is 3.21. The molecular weight excluding hydrogens is 374 g/mol. The number of anilines is 2. The molecule has 6 heteroatoms. The number of halogens is 1. The molecule has 0 bridgehead atoms. The van der Waals surface area contributed by atoms with E-state index in [1.165, 1.54) is 0 Å². The number of likely N-dealkylation sites (N-methyl/N-ethyl adjacent to an activating group) is 1. The number of amides is 2. The van der Waals surface area contributed by atoms with E-state index < -0.39 is 0 Å². The molecule has 28 heavy (non-hydrogen) atoms. The summed E-state index contributed by atoms with van der Waals surface area (Å²) in [5, 5.41) is 5.98. The Balaban J connectivity index is 0.00000392. The van der Waals surface area contributed by atoms with Gasteiger partial charge < -0.3 is 27.5 Å². The van der Waals surface area contributed by atoms with Crippen LogP contribution in [0.4, 0.5) is 11.4 Å². The van der Waals surface area contributed by atoms with Crippen molar-refractivity contribution in [3.8, 4) is 0 Å². The number of nitrogens with one attached hydrogen (secondary N) is 2. The molecule has 0 aliphatic carbocycles. The lowest BCUT2D eigenvalue weighted by Crippen LogP contribution is -3.00. The van der Waals surface area contributed by atoms with E-state index in [0.717, 1.165) is 33.6 Å². The van der Waals surface area contributed by atoms with Gasteiger partial charge in [0.25, 0.3) is 11.8 Å². The normalized spacial score (nSPS) is 10.8. The number of para-hydroxylation sites is 2.